The van der Waals surface area contributed by atoms with E-state index in [0.29, 0.717) is 11.5 Å². The molecule has 98 valence electrons. The van der Waals surface area contributed by atoms with Crippen LogP contribution in [0.2, 0.25) is 0 Å². The summed E-state index contributed by atoms with van der Waals surface area (Å²) >= 11 is 4.27. The molecule has 2 rings (SSSR count). The van der Waals surface area contributed by atoms with Crippen LogP contribution >= 0.6 is 12.6 Å². The first-order chi connectivity index (χ1) is 8.58. The van der Waals surface area contributed by atoms with Crippen molar-refractivity contribution in [2.24, 2.45) is 5.92 Å². The summed E-state index contributed by atoms with van der Waals surface area (Å²) in [5.41, 5.74) is 1.58. The first kappa shape index (κ1) is 13.5. The average molecular weight is 264 g/mol. The number of carbonyl (C=O) groups is 1. The summed E-state index contributed by atoms with van der Waals surface area (Å²) in [6, 6.07) is 5.58. The number of aryl methyl sites for hydroxylation is 1. The second-order valence-corrected chi connectivity index (χ2v) is 5.72. The molecule has 0 saturated heterocycles. The minimum atomic E-state index is -0.206. The third-order valence-electron chi connectivity index (χ3n) is 3.73. The van der Waals surface area contributed by atoms with Gasteiger partial charge < -0.3 is 4.74 Å². The van der Waals surface area contributed by atoms with Crippen LogP contribution in [0, 0.1) is 12.8 Å². The van der Waals surface area contributed by atoms with E-state index in [1.54, 1.807) is 6.07 Å². The molecule has 1 aliphatic rings. The highest BCUT2D eigenvalue weighted by Gasteiger charge is 2.25. The Morgan fingerprint density at radius 1 is 1.33 bits per heavy atom. The smallest absolute Gasteiger partial charge is 0.338 e. The van der Waals surface area contributed by atoms with Crippen LogP contribution in [0.25, 0.3) is 0 Å². The van der Waals surface area contributed by atoms with Crippen molar-refractivity contribution in [1.29, 1.82) is 0 Å². The van der Waals surface area contributed by atoms with Crippen molar-refractivity contribution >= 4 is 18.6 Å². The van der Waals surface area contributed by atoms with Gasteiger partial charge in [0.25, 0.3) is 0 Å². The fourth-order valence-electron chi connectivity index (χ4n) is 2.49. The number of hydrogen-bond donors (Lipinski definition) is 1. The van der Waals surface area contributed by atoms with Crippen molar-refractivity contribution in [1.82, 2.24) is 0 Å². The van der Waals surface area contributed by atoms with Crippen LogP contribution < -0.4 is 0 Å². The SMILES string of the molecule is Cc1ccc(S)cc1C(=O)OC1CCCCC1C. The monoisotopic (exact) mass is 264 g/mol. The molecule has 0 aliphatic heterocycles. The summed E-state index contributed by atoms with van der Waals surface area (Å²) in [5.74, 6) is 0.268. The highest BCUT2D eigenvalue weighted by molar-refractivity contribution is 7.80. The highest BCUT2D eigenvalue weighted by Crippen LogP contribution is 2.27. The van der Waals surface area contributed by atoms with E-state index in [0.717, 1.165) is 29.7 Å². The molecule has 3 heteroatoms. The molecule has 2 nitrogen and oxygen atoms in total. The molecule has 1 saturated carbocycles. The Balaban J connectivity index is 2.09. The van der Waals surface area contributed by atoms with Crippen LogP contribution in [0.1, 0.15) is 48.5 Å². The van der Waals surface area contributed by atoms with E-state index in [-0.39, 0.29) is 12.1 Å². The van der Waals surface area contributed by atoms with E-state index in [1.165, 1.54) is 6.42 Å². The molecule has 18 heavy (non-hydrogen) atoms. The lowest BCUT2D eigenvalue weighted by atomic mass is 9.88. The van der Waals surface area contributed by atoms with Gasteiger partial charge >= 0.3 is 5.97 Å². The van der Waals surface area contributed by atoms with Crippen molar-refractivity contribution in [3.05, 3.63) is 29.3 Å². The van der Waals surface area contributed by atoms with E-state index >= 15 is 0 Å². The Labute approximate surface area is 114 Å². The normalized spacial score (nSPS) is 23.7. The predicted octanol–water partition coefficient (Wildman–Crippen LogP) is 4.02. The summed E-state index contributed by atoms with van der Waals surface area (Å²) in [6.07, 6.45) is 4.64. The third-order valence-corrected chi connectivity index (χ3v) is 4.01. The molecule has 1 aromatic rings. The Bertz CT molecular complexity index is 442. The number of hydrogen-bond acceptors (Lipinski definition) is 3. The Morgan fingerprint density at radius 2 is 2.06 bits per heavy atom. The molecular weight excluding hydrogens is 244 g/mol. The molecule has 0 N–H and O–H groups in total. The topological polar surface area (TPSA) is 26.3 Å². The third kappa shape index (κ3) is 3.08. The van der Waals surface area contributed by atoms with Gasteiger partial charge in [0, 0.05) is 4.90 Å². The summed E-state index contributed by atoms with van der Waals surface area (Å²) in [5, 5.41) is 0. The van der Waals surface area contributed by atoms with Gasteiger partial charge in [0.2, 0.25) is 0 Å². The number of ether oxygens (including phenoxy) is 1. The number of rotatable bonds is 2. The Morgan fingerprint density at radius 3 is 2.78 bits per heavy atom. The molecule has 1 aromatic carbocycles. The number of thiol groups is 1. The van der Waals surface area contributed by atoms with Crippen molar-refractivity contribution in [3.8, 4) is 0 Å². The Kier molecular flexibility index (Phi) is 4.33. The van der Waals surface area contributed by atoms with Gasteiger partial charge in [0.15, 0.2) is 0 Å². The van der Waals surface area contributed by atoms with Gasteiger partial charge in [0.1, 0.15) is 6.10 Å². The summed E-state index contributed by atoms with van der Waals surface area (Å²) in [6.45, 7) is 4.09. The molecule has 2 unspecified atom stereocenters. The summed E-state index contributed by atoms with van der Waals surface area (Å²) in [7, 11) is 0. The maximum atomic E-state index is 12.2. The van der Waals surface area contributed by atoms with Crippen LogP contribution in [0.3, 0.4) is 0 Å². The molecule has 0 aromatic heterocycles. The molecule has 0 radical (unpaired) electrons. The van der Waals surface area contributed by atoms with E-state index in [4.69, 9.17) is 4.74 Å². The van der Waals surface area contributed by atoms with Gasteiger partial charge in [-0.2, -0.15) is 0 Å². The zero-order valence-corrected chi connectivity index (χ0v) is 11.9. The Hall–Kier alpha value is -0.960. The van der Waals surface area contributed by atoms with Crippen molar-refractivity contribution < 1.29 is 9.53 Å². The second-order valence-electron chi connectivity index (χ2n) is 5.20. The molecule has 1 fully saturated rings. The number of carbonyl (C=O) groups excluding carboxylic acids is 1. The van der Waals surface area contributed by atoms with E-state index in [1.807, 2.05) is 19.1 Å². The lowest BCUT2D eigenvalue weighted by molar-refractivity contribution is 0.00471. The maximum Gasteiger partial charge on any atom is 0.338 e. The highest BCUT2D eigenvalue weighted by atomic mass is 32.1. The minimum absolute atomic E-state index is 0.0780. The molecule has 2 atom stereocenters. The van der Waals surface area contributed by atoms with Gasteiger partial charge in [-0.25, -0.2) is 4.79 Å². The van der Waals surface area contributed by atoms with Crippen LogP contribution in [0.4, 0.5) is 0 Å². The largest absolute Gasteiger partial charge is 0.458 e. The zero-order valence-electron chi connectivity index (χ0n) is 11.0. The minimum Gasteiger partial charge on any atom is -0.458 e. The van der Waals surface area contributed by atoms with Gasteiger partial charge in [0.05, 0.1) is 5.56 Å². The van der Waals surface area contributed by atoms with Crippen molar-refractivity contribution in [3.63, 3.8) is 0 Å². The molecule has 0 bridgehead atoms. The fraction of sp³-hybridized carbons (Fsp3) is 0.533. The first-order valence-corrected chi connectivity index (χ1v) is 7.03. The molecule has 0 heterocycles. The van der Waals surface area contributed by atoms with Gasteiger partial charge in [-0.3, -0.25) is 0 Å². The fourth-order valence-corrected chi connectivity index (χ4v) is 2.69. The first-order valence-electron chi connectivity index (χ1n) is 6.58. The summed E-state index contributed by atoms with van der Waals surface area (Å²) in [4.78, 5) is 13.0. The molecular formula is C15H20O2S. The van der Waals surface area contributed by atoms with Crippen LogP contribution in [0.15, 0.2) is 23.1 Å². The van der Waals surface area contributed by atoms with Gasteiger partial charge in [-0.1, -0.05) is 19.4 Å². The molecule has 1 aliphatic carbocycles. The number of esters is 1. The lowest BCUT2D eigenvalue weighted by Gasteiger charge is -2.28. The van der Waals surface area contributed by atoms with E-state index in [9.17, 15) is 4.79 Å². The van der Waals surface area contributed by atoms with Crippen LogP contribution in [-0.2, 0) is 4.74 Å². The average Bonchev–Trinajstić information content (AvgIpc) is 2.35. The van der Waals surface area contributed by atoms with Crippen LogP contribution in [-0.4, -0.2) is 12.1 Å². The van der Waals surface area contributed by atoms with E-state index < -0.39 is 0 Å². The predicted molar refractivity (Wildman–Crippen MR) is 75.3 cm³/mol. The lowest BCUT2D eigenvalue weighted by Crippen LogP contribution is -2.28. The van der Waals surface area contributed by atoms with Crippen molar-refractivity contribution in [2.75, 3.05) is 0 Å². The second kappa shape index (κ2) is 5.79. The zero-order chi connectivity index (χ0) is 13.1. The van der Waals surface area contributed by atoms with E-state index in [2.05, 4.69) is 19.6 Å². The molecule has 0 amide bonds. The van der Waals surface area contributed by atoms with Crippen LogP contribution in [0.5, 0.6) is 0 Å². The quantitative estimate of drug-likeness (QED) is 0.645. The standard InChI is InChI=1S/C15H20O2S/c1-10-7-8-12(18)9-13(10)15(16)17-14-6-4-3-5-11(14)2/h7-9,11,14,18H,3-6H2,1-2H3. The molecule has 0 spiro atoms. The summed E-state index contributed by atoms with van der Waals surface area (Å²) < 4.78 is 5.65. The maximum absolute atomic E-state index is 12.2. The van der Waals surface area contributed by atoms with Crippen molar-refractivity contribution in [2.45, 2.75) is 50.5 Å². The number of benzene rings is 1. The van der Waals surface area contributed by atoms with Gasteiger partial charge in [-0.05, 0) is 49.8 Å². The van der Waals surface area contributed by atoms with Gasteiger partial charge in [-0.15, -0.1) is 12.6 Å².